The van der Waals surface area contributed by atoms with Crippen molar-refractivity contribution < 1.29 is 9.18 Å². The fourth-order valence-corrected chi connectivity index (χ4v) is 2.71. The van der Waals surface area contributed by atoms with Gasteiger partial charge in [0.25, 0.3) is 5.91 Å². The topological polar surface area (TPSA) is 32.3 Å². The van der Waals surface area contributed by atoms with Crippen molar-refractivity contribution in [2.45, 2.75) is 6.04 Å². The molecule has 1 N–H and O–H groups in total. The summed E-state index contributed by atoms with van der Waals surface area (Å²) in [5, 5.41) is 2.91. The number of hydrogen-bond acceptors (Lipinski definition) is 2. The molecule has 0 fully saturated rings. The van der Waals surface area contributed by atoms with Crippen molar-refractivity contribution in [1.29, 1.82) is 0 Å². The van der Waals surface area contributed by atoms with Gasteiger partial charge >= 0.3 is 0 Å². The predicted octanol–water partition coefficient (Wildman–Crippen LogP) is 3.62. The smallest absolute Gasteiger partial charge is 0.252 e. The fraction of sp³-hybridized carbons (Fsp3) is 0.235. The number of halogens is 2. The summed E-state index contributed by atoms with van der Waals surface area (Å²) in [6.07, 6.45) is 0. The number of benzene rings is 2. The lowest BCUT2D eigenvalue weighted by atomic mass is 10.1. The monoisotopic (exact) mass is 364 g/mol. The number of amides is 1. The molecular formula is C17H18BrFN2O. The van der Waals surface area contributed by atoms with E-state index in [0.29, 0.717) is 12.1 Å². The van der Waals surface area contributed by atoms with E-state index in [4.69, 9.17) is 0 Å². The third-order valence-electron chi connectivity index (χ3n) is 3.43. The van der Waals surface area contributed by atoms with Crippen LogP contribution in [0.15, 0.2) is 53.0 Å². The molecule has 0 aliphatic rings. The second kappa shape index (κ2) is 7.51. The number of nitrogens with one attached hydrogen (secondary N) is 1. The van der Waals surface area contributed by atoms with Crippen LogP contribution < -0.4 is 5.32 Å². The van der Waals surface area contributed by atoms with Gasteiger partial charge in [0.1, 0.15) is 5.82 Å². The zero-order chi connectivity index (χ0) is 16.1. The van der Waals surface area contributed by atoms with Crippen LogP contribution in [0.2, 0.25) is 0 Å². The zero-order valence-corrected chi connectivity index (χ0v) is 14.1. The number of hydrogen-bond donors (Lipinski definition) is 1. The molecular weight excluding hydrogens is 347 g/mol. The Morgan fingerprint density at radius 1 is 1.23 bits per heavy atom. The summed E-state index contributed by atoms with van der Waals surface area (Å²) in [5.41, 5.74) is 1.41. The number of nitrogens with zero attached hydrogens (tertiary/aromatic N) is 1. The molecule has 0 radical (unpaired) electrons. The van der Waals surface area contributed by atoms with Gasteiger partial charge in [0, 0.05) is 11.0 Å². The maximum Gasteiger partial charge on any atom is 0.252 e. The minimum atomic E-state index is -0.276. The molecule has 0 heterocycles. The highest BCUT2D eigenvalue weighted by molar-refractivity contribution is 9.10. The lowest BCUT2D eigenvalue weighted by molar-refractivity contribution is 0.0941. The molecule has 1 atom stereocenters. The summed E-state index contributed by atoms with van der Waals surface area (Å²) < 4.78 is 14.1. The number of likely N-dealkylation sites (N-methyl/N-ethyl adjacent to an activating group) is 1. The van der Waals surface area contributed by atoms with Crippen LogP contribution in [0.25, 0.3) is 0 Å². The van der Waals surface area contributed by atoms with Crippen molar-refractivity contribution in [2.24, 2.45) is 0 Å². The molecule has 3 nitrogen and oxygen atoms in total. The van der Waals surface area contributed by atoms with Gasteiger partial charge in [0.15, 0.2) is 0 Å². The molecule has 2 aromatic rings. The van der Waals surface area contributed by atoms with Gasteiger partial charge in [-0.2, -0.15) is 0 Å². The minimum absolute atomic E-state index is 0.0952. The van der Waals surface area contributed by atoms with Gasteiger partial charge < -0.3 is 10.2 Å². The maximum atomic E-state index is 13.4. The Bertz CT molecular complexity index is 661. The normalized spacial score (nSPS) is 12.2. The number of rotatable bonds is 5. The Kier molecular flexibility index (Phi) is 5.69. The average Bonchev–Trinajstić information content (AvgIpc) is 2.47. The van der Waals surface area contributed by atoms with E-state index in [2.05, 4.69) is 21.2 Å². The Labute approximate surface area is 138 Å². The summed E-state index contributed by atoms with van der Waals surface area (Å²) >= 11 is 3.37. The van der Waals surface area contributed by atoms with Crippen LogP contribution in [0.3, 0.4) is 0 Å². The quantitative estimate of drug-likeness (QED) is 0.878. The van der Waals surface area contributed by atoms with Crippen LogP contribution in [0.5, 0.6) is 0 Å². The first-order chi connectivity index (χ1) is 10.5. The molecule has 1 unspecified atom stereocenters. The molecule has 116 valence electrons. The highest BCUT2D eigenvalue weighted by Gasteiger charge is 2.17. The molecule has 1 amide bonds. The van der Waals surface area contributed by atoms with Crippen molar-refractivity contribution in [1.82, 2.24) is 10.2 Å². The highest BCUT2D eigenvalue weighted by Crippen LogP contribution is 2.19. The summed E-state index contributed by atoms with van der Waals surface area (Å²) in [6.45, 7) is 0.399. The lowest BCUT2D eigenvalue weighted by Gasteiger charge is -2.25. The standard InChI is InChI=1S/C17H18BrFN2O/c1-21(2)16(12-6-5-7-13(19)10-12)11-20-17(22)14-8-3-4-9-15(14)18/h3-10,16H,11H2,1-2H3,(H,20,22). The zero-order valence-electron chi connectivity index (χ0n) is 12.5. The summed E-state index contributed by atoms with van der Waals surface area (Å²) in [5.74, 6) is -0.433. The Balaban J connectivity index is 2.10. The van der Waals surface area contributed by atoms with Crippen molar-refractivity contribution in [3.05, 3.63) is 69.9 Å². The van der Waals surface area contributed by atoms with Crippen LogP contribution in [-0.2, 0) is 0 Å². The molecule has 0 aliphatic heterocycles. The maximum absolute atomic E-state index is 13.4. The number of carbonyl (C=O) groups excluding carboxylic acids is 1. The van der Waals surface area contributed by atoms with Gasteiger partial charge in [0.2, 0.25) is 0 Å². The van der Waals surface area contributed by atoms with Gasteiger partial charge in [0.05, 0.1) is 11.6 Å². The van der Waals surface area contributed by atoms with E-state index >= 15 is 0 Å². The van der Waals surface area contributed by atoms with E-state index in [1.165, 1.54) is 12.1 Å². The van der Waals surface area contributed by atoms with E-state index in [9.17, 15) is 9.18 Å². The molecule has 0 spiro atoms. The molecule has 2 aromatic carbocycles. The Morgan fingerprint density at radius 2 is 1.95 bits per heavy atom. The van der Waals surface area contributed by atoms with E-state index in [1.54, 1.807) is 12.1 Å². The van der Waals surface area contributed by atoms with Gasteiger partial charge in [-0.1, -0.05) is 24.3 Å². The van der Waals surface area contributed by atoms with Crippen LogP contribution in [0.4, 0.5) is 4.39 Å². The molecule has 0 saturated carbocycles. The Hall–Kier alpha value is -1.72. The minimum Gasteiger partial charge on any atom is -0.350 e. The van der Waals surface area contributed by atoms with E-state index < -0.39 is 0 Å². The fourth-order valence-electron chi connectivity index (χ4n) is 2.24. The first-order valence-electron chi connectivity index (χ1n) is 6.93. The molecule has 0 bridgehead atoms. The summed E-state index contributed by atoms with van der Waals surface area (Å²) in [4.78, 5) is 14.2. The largest absolute Gasteiger partial charge is 0.350 e. The molecule has 22 heavy (non-hydrogen) atoms. The van der Waals surface area contributed by atoms with E-state index in [0.717, 1.165) is 10.0 Å². The predicted molar refractivity (Wildman–Crippen MR) is 89.3 cm³/mol. The first kappa shape index (κ1) is 16.6. The lowest BCUT2D eigenvalue weighted by Crippen LogP contribution is -2.34. The van der Waals surface area contributed by atoms with Gasteiger partial charge in [-0.25, -0.2) is 4.39 Å². The van der Waals surface area contributed by atoms with Crippen molar-refractivity contribution >= 4 is 21.8 Å². The van der Waals surface area contributed by atoms with Crippen molar-refractivity contribution in [3.8, 4) is 0 Å². The van der Waals surface area contributed by atoms with Crippen molar-refractivity contribution in [2.75, 3.05) is 20.6 Å². The van der Waals surface area contributed by atoms with Gasteiger partial charge in [-0.05, 0) is 59.9 Å². The molecule has 0 aromatic heterocycles. The van der Waals surface area contributed by atoms with E-state index in [1.807, 2.05) is 43.3 Å². The summed E-state index contributed by atoms with van der Waals surface area (Å²) in [6, 6.07) is 13.6. The summed E-state index contributed by atoms with van der Waals surface area (Å²) in [7, 11) is 3.81. The molecule has 0 aliphatic carbocycles. The highest BCUT2D eigenvalue weighted by atomic mass is 79.9. The second-order valence-corrected chi connectivity index (χ2v) is 6.08. The number of carbonyl (C=O) groups is 1. The molecule has 2 rings (SSSR count). The van der Waals surface area contributed by atoms with Crippen LogP contribution in [0, 0.1) is 5.82 Å². The third kappa shape index (κ3) is 4.15. The Morgan fingerprint density at radius 3 is 2.59 bits per heavy atom. The molecule has 5 heteroatoms. The molecule has 0 saturated heterocycles. The first-order valence-corrected chi connectivity index (χ1v) is 7.73. The average molecular weight is 365 g/mol. The van der Waals surface area contributed by atoms with Gasteiger partial charge in [-0.15, -0.1) is 0 Å². The third-order valence-corrected chi connectivity index (χ3v) is 4.12. The second-order valence-electron chi connectivity index (χ2n) is 5.22. The van der Waals surface area contributed by atoms with Gasteiger partial charge in [-0.3, -0.25) is 4.79 Å². The SMILES string of the molecule is CN(C)C(CNC(=O)c1ccccc1Br)c1cccc(F)c1. The van der Waals surface area contributed by atoms with E-state index in [-0.39, 0.29) is 17.8 Å². The van der Waals surface area contributed by atoms with Crippen LogP contribution in [0.1, 0.15) is 22.0 Å². The van der Waals surface area contributed by atoms with Crippen LogP contribution >= 0.6 is 15.9 Å². The van der Waals surface area contributed by atoms with Crippen molar-refractivity contribution in [3.63, 3.8) is 0 Å². The van der Waals surface area contributed by atoms with Crippen LogP contribution in [-0.4, -0.2) is 31.4 Å².